The first-order valence-electron chi connectivity index (χ1n) is 2.31. The van der Waals surface area contributed by atoms with Crippen LogP contribution in [0.15, 0.2) is 0 Å². The van der Waals surface area contributed by atoms with E-state index < -0.39 is 24.4 Å². The van der Waals surface area contributed by atoms with Crippen LogP contribution >= 0.6 is 0 Å². The molecule has 9 heavy (non-hydrogen) atoms. The molecule has 0 heterocycles. The zero-order chi connectivity index (χ0) is 7.44. The first-order valence-corrected chi connectivity index (χ1v) is 2.31. The van der Waals surface area contributed by atoms with Crippen LogP contribution in [0, 0.1) is 0 Å². The van der Waals surface area contributed by atoms with Gasteiger partial charge in [0.25, 0.3) is 0 Å². The van der Waals surface area contributed by atoms with Gasteiger partial charge in [0.05, 0.1) is 0 Å². The van der Waals surface area contributed by atoms with Crippen molar-refractivity contribution < 1.29 is 25.5 Å². The summed E-state index contributed by atoms with van der Waals surface area (Å²) in [7, 11) is 0. The maximum absolute atomic E-state index is 9.91. The van der Waals surface area contributed by atoms with Crippen LogP contribution in [-0.2, 0) is 9.59 Å². The molecule has 52 valence electrons. The number of rotatable bonds is 3. The van der Waals surface area contributed by atoms with E-state index in [1.807, 2.05) is 0 Å². The molecule has 0 amide bonds. The minimum atomic E-state index is -1.18. The number of quaternary nitrogens is 1. The summed E-state index contributed by atoms with van der Waals surface area (Å²) >= 11 is 0. The molecule has 0 bridgehead atoms. The monoisotopic (exact) mass is 134 g/mol. The number of carbonyl (C=O) groups is 2. The number of aliphatic carboxylic acids is 2. The van der Waals surface area contributed by atoms with Crippen LogP contribution in [0.4, 0.5) is 0 Å². The molecule has 0 aromatic carbocycles. The zero-order valence-corrected chi connectivity index (χ0v) is 4.70. The van der Waals surface area contributed by atoms with Crippen LogP contribution in [0.2, 0.25) is 0 Å². The third-order valence-corrected chi connectivity index (χ3v) is 0.770. The van der Waals surface area contributed by atoms with Crippen LogP contribution in [0.3, 0.4) is 0 Å². The number of carboxylic acids is 2. The largest absolute Gasteiger partial charge is 0.481 e. The highest BCUT2D eigenvalue weighted by atomic mass is 16.4. The Morgan fingerprint density at radius 1 is 1.44 bits per heavy atom. The molecule has 0 saturated carbocycles. The molecular formula is C4H8NO4+. The molecule has 0 aliphatic rings. The third kappa shape index (κ3) is 3.48. The summed E-state index contributed by atoms with van der Waals surface area (Å²) in [6.07, 6.45) is -0.421. The molecule has 0 aromatic heterocycles. The van der Waals surface area contributed by atoms with Crippen LogP contribution in [-0.4, -0.2) is 28.2 Å². The van der Waals surface area contributed by atoms with Crippen LogP contribution in [0.25, 0.3) is 0 Å². The molecule has 0 aliphatic carbocycles. The van der Waals surface area contributed by atoms with Gasteiger partial charge in [-0.25, -0.2) is 4.79 Å². The summed E-state index contributed by atoms with van der Waals surface area (Å²) in [6.45, 7) is 0. The molecule has 0 aliphatic heterocycles. The zero-order valence-electron chi connectivity index (χ0n) is 4.70. The van der Waals surface area contributed by atoms with Crippen LogP contribution in [0.5, 0.6) is 0 Å². The topological polar surface area (TPSA) is 102 Å². The van der Waals surface area contributed by atoms with Gasteiger partial charge in [-0.2, -0.15) is 0 Å². The Kier molecular flexibility index (Phi) is 2.66. The van der Waals surface area contributed by atoms with Gasteiger partial charge < -0.3 is 15.9 Å². The SMILES string of the molecule is [NH3+][C@@H](CC(=O)O)C(=O)O. The van der Waals surface area contributed by atoms with Crippen molar-refractivity contribution in [1.82, 2.24) is 0 Å². The average molecular weight is 134 g/mol. The quantitative estimate of drug-likeness (QED) is 0.421. The van der Waals surface area contributed by atoms with E-state index in [0.717, 1.165) is 0 Å². The lowest BCUT2D eigenvalue weighted by Gasteiger charge is -1.95. The van der Waals surface area contributed by atoms with Crippen molar-refractivity contribution in [3.05, 3.63) is 0 Å². The van der Waals surface area contributed by atoms with Crippen molar-refractivity contribution in [2.24, 2.45) is 0 Å². The number of hydrogen-bond acceptors (Lipinski definition) is 2. The maximum Gasteiger partial charge on any atom is 0.362 e. The summed E-state index contributed by atoms with van der Waals surface area (Å²) in [5.74, 6) is -2.32. The molecule has 0 saturated heterocycles. The summed E-state index contributed by atoms with van der Waals surface area (Å²) in [4.78, 5) is 19.7. The van der Waals surface area contributed by atoms with Gasteiger partial charge in [-0.15, -0.1) is 0 Å². The van der Waals surface area contributed by atoms with Gasteiger partial charge in [-0.1, -0.05) is 0 Å². The lowest BCUT2D eigenvalue weighted by atomic mass is 10.2. The molecule has 0 fully saturated rings. The Morgan fingerprint density at radius 2 is 1.89 bits per heavy atom. The number of carboxylic acid groups (broad SMARTS) is 2. The van der Waals surface area contributed by atoms with Crippen molar-refractivity contribution in [3.63, 3.8) is 0 Å². The van der Waals surface area contributed by atoms with Gasteiger partial charge in [0.2, 0.25) is 0 Å². The van der Waals surface area contributed by atoms with E-state index in [9.17, 15) is 9.59 Å². The standard InChI is InChI=1S/C4H7NO4/c5-2(4(8)9)1-3(6)7/h2H,1,5H2,(H,6,7)(H,8,9)/p+1/t2-/m0/s1. The molecule has 0 unspecified atom stereocenters. The summed E-state index contributed by atoms with van der Waals surface area (Å²) in [5, 5.41) is 16.1. The van der Waals surface area contributed by atoms with Gasteiger partial charge in [-0.05, 0) is 0 Å². The molecule has 5 N–H and O–H groups in total. The predicted molar refractivity (Wildman–Crippen MR) is 26.6 cm³/mol. The van der Waals surface area contributed by atoms with Crippen LogP contribution < -0.4 is 5.73 Å². The van der Waals surface area contributed by atoms with E-state index in [4.69, 9.17) is 10.2 Å². The fraction of sp³-hybridized carbons (Fsp3) is 0.500. The Bertz CT molecular complexity index is 133. The minimum absolute atomic E-state index is 0.421. The van der Waals surface area contributed by atoms with Crippen molar-refractivity contribution in [3.8, 4) is 0 Å². The molecular weight excluding hydrogens is 126 g/mol. The fourth-order valence-corrected chi connectivity index (χ4v) is 0.298. The highest BCUT2D eigenvalue weighted by Gasteiger charge is 2.18. The Hall–Kier alpha value is -1.10. The first-order chi connectivity index (χ1) is 4.04. The summed E-state index contributed by atoms with van der Waals surface area (Å²) < 4.78 is 0. The maximum atomic E-state index is 9.91. The van der Waals surface area contributed by atoms with Crippen molar-refractivity contribution in [1.29, 1.82) is 0 Å². The second kappa shape index (κ2) is 3.03. The molecule has 1 atom stereocenters. The molecule has 0 spiro atoms. The van der Waals surface area contributed by atoms with E-state index in [-0.39, 0.29) is 0 Å². The first kappa shape index (κ1) is 7.90. The van der Waals surface area contributed by atoms with E-state index in [1.165, 1.54) is 0 Å². The highest BCUT2D eigenvalue weighted by molar-refractivity contribution is 5.78. The Morgan fingerprint density at radius 3 is 2.00 bits per heavy atom. The van der Waals surface area contributed by atoms with Crippen molar-refractivity contribution in [2.45, 2.75) is 12.5 Å². The van der Waals surface area contributed by atoms with E-state index in [1.54, 1.807) is 0 Å². The predicted octanol–water partition coefficient (Wildman–Crippen LogP) is -1.84. The second-order valence-corrected chi connectivity index (χ2v) is 1.63. The van der Waals surface area contributed by atoms with Gasteiger partial charge in [0.15, 0.2) is 6.04 Å². The van der Waals surface area contributed by atoms with E-state index in [0.29, 0.717) is 0 Å². The van der Waals surface area contributed by atoms with Crippen molar-refractivity contribution >= 4 is 11.9 Å². The molecule has 5 nitrogen and oxygen atoms in total. The van der Waals surface area contributed by atoms with Crippen LogP contribution in [0.1, 0.15) is 6.42 Å². The number of hydrogen-bond donors (Lipinski definition) is 3. The van der Waals surface area contributed by atoms with E-state index >= 15 is 0 Å². The fourth-order valence-electron chi connectivity index (χ4n) is 0.298. The second-order valence-electron chi connectivity index (χ2n) is 1.63. The molecule has 0 rings (SSSR count). The average Bonchev–Trinajstić information content (AvgIpc) is 1.63. The van der Waals surface area contributed by atoms with Gasteiger partial charge >= 0.3 is 11.9 Å². The summed E-state index contributed by atoms with van der Waals surface area (Å²) in [6, 6.07) is -1.04. The minimum Gasteiger partial charge on any atom is -0.481 e. The van der Waals surface area contributed by atoms with Gasteiger partial charge in [0, 0.05) is 0 Å². The third-order valence-electron chi connectivity index (χ3n) is 0.770. The van der Waals surface area contributed by atoms with Gasteiger partial charge in [-0.3, -0.25) is 4.79 Å². The van der Waals surface area contributed by atoms with Gasteiger partial charge in [0.1, 0.15) is 6.42 Å². The smallest absolute Gasteiger partial charge is 0.362 e. The highest BCUT2D eigenvalue weighted by Crippen LogP contribution is 1.83. The lowest BCUT2D eigenvalue weighted by Crippen LogP contribution is -2.65. The molecule has 5 heteroatoms. The normalized spacial score (nSPS) is 12.6. The Balaban J connectivity index is 3.63. The molecule has 0 radical (unpaired) electrons. The summed E-state index contributed by atoms with van der Waals surface area (Å²) in [5.41, 5.74) is 3.10. The van der Waals surface area contributed by atoms with E-state index in [2.05, 4.69) is 5.73 Å². The van der Waals surface area contributed by atoms with Crippen molar-refractivity contribution in [2.75, 3.05) is 0 Å². The lowest BCUT2D eigenvalue weighted by molar-refractivity contribution is -0.407. The Labute approximate surface area is 51.1 Å². The molecule has 0 aromatic rings.